The molecular weight excluding hydrogens is 250 g/mol. The van der Waals surface area contributed by atoms with Crippen molar-refractivity contribution in [1.82, 2.24) is 9.71 Å². The van der Waals surface area contributed by atoms with E-state index in [2.05, 4.69) is 15.0 Å². The van der Waals surface area contributed by atoms with Crippen LogP contribution in [-0.2, 0) is 10.0 Å². The second-order valence-corrected chi connectivity index (χ2v) is 6.40. The number of hydrogen-bond donors (Lipinski definition) is 2. The van der Waals surface area contributed by atoms with E-state index in [1.165, 1.54) is 19.0 Å². The van der Waals surface area contributed by atoms with Crippen LogP contribution in [0.1, 0.15) is 25.7 Å². The molecule has 0 saturated heterocycles. The number of hydrogen-bond acceptors (Lipinski definition) is 4. The van der Waals surface area contributed by atoms with Gasteiger partial charge in [-0.15, -0.1) is 0 Å². The molecule has 1 aliphatic carbocycles. The Balaban J connectivity index is 2.00. The van der Waals surface area contributed by atoms with Crippen LogP contribution >= 0.6 is 0 Å². The third-order valence-electron chi connectivity index (χ3n) is 3.34. The normalized spacial score (nSPS) is 16.9. The van der Waals surface area contributed by atoms with Gasteiger partial charge in [0.1, 0.15) is 10.7 Å². The molecule has 5 nitrogen and oxygen atoms in total. The molecular formula is C12H19N3O2S. The van der Waals surface area contributed by atoms with E-state index in [1.807, 2.05) is 0 Å². The van der Waals surface area contributed by atoms with Crippen LogP contribution in [0.25, 0.3) is 0 Å². The summed E-state index contributed by atoms with van der Waals surface area (Å²) < 4.78 is 26.7. The van der Waals surface area contributed by atoms with Gasteiger partial charge in [-0.25, -0.2) is 18.1 Å². The molecule has 0 aliphatic heterocycles. The fourth-order valence-corrected chi connectivity index (χ4v) is 3.27. The van der Waals surface area contributed by atoms with Gasteiger partial charge in [-0.3, -0.25) is 0 Å². The zero-order valence-corrected chi connectivity index (χ0v) is 11.3. The zero-order valence-electron chi connectivity index (χ0n) is 10.5. The monoisotopic (exact) mass is 269 g/mol. The van der Waals surface area contributed by atoms with Crippen molar-refractivity contribution in [3.05, 3.63) is 18.3 Å². The SMILES string of the molecule is CNc1ccc(S(=O)(=O)NCC2CCCC2)cn1. The first-order chi connectivity index (χ1) is 8.62. The fourth-order valence-electron chi connectivity index (χ4n) is 2.21. The molecule has 100 valence electrons. The van der Waals surface area contributed by atoms with Crippen molar-refractivity contribution in [3.63, 3.8) is 0 Å². The van der Waals surface area contributed by atoms with Gasteiger partial charge in [-0.05, 0) is 30.9 Å². The number of aromatic nitrogens is 1. The first-order valence-corrected chi connectivity index (χ1v) is 7.73. The minimum absolute atomic E-state index is 0.222. The van der Waals surface area contributed by atoms with Crippen LogP contribution in [-0.4, -0.2) is 27.0 Å². The van der Waals surface area contributed by atoms with Gasteiger partial charge in [0.25, 0.3) is 0 Å². The highest BCUT2D eigenvalue weighted by molar-refractivity contribution is 7.89. The molecule has 18 heavy (non-hydrogen) atoms. The van der Waals surface area contributed by atoms with Crippen molar-refractivity contribution in [1.29, 1.82) is 0 Å². The van der Waals surface area contributed by atoms with Crippen molar-refractivity contribution in [3.8, 4) is 0 Å². The second kappa shape index (κ2) is 5.67. The Morgan fingerprint density at radius 3 is 2.61 bits per heavy atom. The highest BCUT2D eigenvalue weighted by atomic mass is 32.2. The van der Waals surface area contributed by atoms with Crippen LogP contribution in [0.3, 0.4) is 0 Å². The van der Waals surface area contributed by atoms with Crippen molar-refractivity contribution in [2.24, 2.45) is 5.92 Å². The van der Waals surface area contributed by atoms with Crippen LogP contribution in [0.4, 0.5) is 5.82 Å². The minimum Gasteiger partial charge on any atom is -0.373 e. The average molecular weight is 269 g/mol. The Kier molecular flexibility index (Phi) is 4.19. The third-order valence-corrected chi connectivity index (χ3v) is 4.75. The van der Waals surface area contributed by atoms with Crippen molar-refractivity contribution in [2.75, 3.05) is 18.9 Å². The molecule has 1 heterocycles. The van der Waals surface area contributed by atoms with Gasteiger partial charge in [-0.1, -0.05) is 12.8 Å². The van der Waals surface area contributed by atoms with E-state index in [4.69, 9.17) is 0 Å². The lowest BCUT2D eigenvalue weighted by Gasteiger charge is -2.11. The standard InChI is InChI=1S/C12H19N3O2S/c1-13-12-7-6-11(9-14-12)18(16,17)15-8-10-4-2-3-5-10/h6-7,9-10,15H,2-5,8H2,1H3,(H,13,14). The van der Waals surface area contributed by atoms with Gasteiger partial charge in [-0.2, -0.15) is 0 Å². The number of rotatable bonds is 5. The lowest BCUT2D eigenvalue weighted by molar-refractivity contribution is 0.519. The third kappa shape index (κ3) is 3.20. The minimum atomic E-state index is -3.41. The summed E-state index contributed by atoms with van der Waals surface area (Å²) in [6, 6.07) is 3.22. The Bertz CT molecular complexity index is 479. The molecule has 0 spiro atoms. The van der Waals surface area contributed by atoms with Gasteiger partial charge in [0.2, 0.25) is 10.0 Å². The molecule has 0 radical (unpaired) electrons. The molecule has 1 saturated carbocycles. The summed E-state index contributed by atoms with van der Waals surface area (Å²) in [5.41, 5.74) is 0. The molecule has 6 heteroatoms. The molecule has 1 aliphatic rings. The van der Waals surface area contributed by atoms with Crippen LogP contribution in [0.5, 0.6) is 0 Å². The van der Waals surface area contributed by atoms with E-state index in [1.54, 1.807) is 19.2 Å². The molecule has 1 fully saturated rings. The van der Waals surface area contributed by atoms with Gasteiger partial charge in [0, 0.05) is 19.8 Å². The summed E-state index contributed by atoms with van der Waals surface area (Å²) in [5.74, 6) is 1.15. The van der Waals surface area contributed by atoms with E-state index in [0.29, 0.717) is 18.3 Å². The van der Waals surface area contributed by atoms with Crippen molar-refractivity contribution < 1.29 is 8.42 Å². The van der Waals surface area contributed by atoms with E-state index >= 15 is 0 Å². The molecule has 1 aromatic rings. The average Bonchev–Trinajstić information content (AvgIpc) is 2.90. The van der Waals surface area contributed by atoms with Crippen molar-refractivity contribution in [2.45, 2.75) is 30.6 Å². The molecule has 0 unspecified atom stereocenters. The summed E-state index contributed by atoms with van der Waals surface area (Å²) in [6.45, 7) is 0.538. The Labute approximate surface area is 108 Å². The van der Waals surface area contributed by atoms with Gasteiger partial charge in [0.15, 0.2) is 0 Å². The highest BCUT2D eigenvalue weighted by Gasteiger charge is 2.19. The topological polar surface area (TPSA) is 71.1 Å². The number of pyridine rings is 1. The number of sulfonamides is 1. The van der Waals surface area contributed by atoms with Crippen LogP contribution < -0.4 is 10.0 Å². The van der Waals surface area contributed by atoms with Crippen LogP contribution in [0.15, 0.2) is 23.2 Å². The summed E-state index contributed by atoms with van der Waals surface area (Å²) >= 11 is 0. The van der Waals surface area contributed by atoms with E-state index in [0.717, 1.165) is 12.8 Å². The first kappa shape index (κ1) is 13.3. The maximum absolute atomic E-state index is 12.0. The number of nitrogens with one attached hydrogen (secondary N) is 2. The molecule has 2 N–H and O–H groups in total. The maximum Gasteiger partial charge on any atom is 0.242 e. The molecule has 2 rings (SSSR count). The number of nitrogens with zero attached hydrogens (tertiary/aromatic N) is 1. The smallest absolute Gasteiger partial charge is 0.242 e. The fraction of sp³-hybridized carbons (Fsp3) is 0.583. The van der Waals surface area contributed by atoms with E-state index in [-0.39, 0.29) is 4.90 Å². The summed E-state index contributed by atoms with van der Waals surface area (Å²) in [6.07, 6.45) is 6.05. The highest BCUT2D eigenvalue weighted by Crippen LogP contribution is 2.24. The molecule has 0 bridgehead atoms. The first-order valence-electron chi connectivity index (χ1n) is 6.25. The van der Waals surface area contributed by atoms with Crippen LogP contribution in [0.2, 0.25) is 0 Å². The second-order valence-electron chi connectivity index (χ2n) is 4.63. The zero-order chi connectivity index (χ0) is 13.0. The predicted molar refractivity (Wildman–Crippen MR) is 70.9 cm³/mol. The summed E-state index contributed by atoms with van der Waals surface area (Å²) in [4.78, 5) is 4.23. The summed E-state index contributed by atoms with van der Waals surface area (Å²) in [7, 11) is -1.67. The Hall–Kier alpha value is -1.14. The predicted octanol–water partition coefficient (Wildman–Crippen LogP) is 1.59. The van der Waals surface area contributed by atoms with Gasteiger partial charge in [0.05, 0.1) is 0 Å². The van der Waals surface area contributed by atoms with Crippen LogP contribution in [0, 0.1) is 5.92 Å². The molecule has 0 amide bonds. The Morgan fingerprint density at radius 2 is 2.06 bits per heavy atom. The Morgan fingerprint density at radius 1 is 1.33 bits per heavy atom. The lowest BCUT2D eigenvalue weighted by atomic mass is 10.1. The van der Waals surface area contributed by atoms with Crippen molar-refractivity contribution >= 4 is 15.8 Å². The van der Waals surface area contributed by atoms with Gasteiger partial charge < -0.3 is 5.32 Å². The van der Waals surface area contributed by atoms with E-state index in [9.17, 15) is 8.42 Å². The molecule has 0 atom stereocenters. The van der Waals surface area contributed by atoms with Gasteiger partial charge >= 0.3 is 0 Å². The largest absolute Gasteiger partial charge is 0.373 e. The molecule has 0 aromatic carbocycles. The quantitative estimate of drug-likeness (QED) is 0.851. The summed E-state index contributed by atoms with van der Waals surface area (Å²) in [5, 5.41) is 2.86. The number of anilines is 1. The van der Waals surface area contributed by atoms with E-state index < -0.39 is 10.0 Å². The molecule has 1 aromatic heterocycles. The maximum atomic E-state index is 12.0. The lowest BCUT2D eigenvalue weighted by Crippen LogP contribution is -2.28.